The topological polar surface area (TPSA) is 75.2 Å². The van der Waals surface area contributed by atoms with Gasteiger partial charge in [-0.25, -0.2) is 4.79 Å². The molecule has 4 rings (SSSR count). The highest BCUT2D eigenvalue weighted by Gasteiger charge is 2.36. The van der Waals surface area contributed by atoms with Crippen molar-refractivity contribution in [2.24, 2.45) is 0 Å². The maximum absolute atomic E-state index is 12.5. The quantitative estimate of drug-likeness (QED) is 0.803. The Morgan fingerprint density at radius 3 is 2.82 bits per heavy atom. The summed E-state index contributed by atoms with van der Waals surface area (Å²) in [5, 5.41) is 14.2. The molecule has 0 saturated carbocycles. The zero-order valence-corrected chi connectivity index (χ0v) is 16.7. The highest BCUT2D eigenvalue weighted by molar-refractivity contribution is 5.99. The van der Waals surface area contributed by atoms with Crippen molar-refractivity contribution < 1.29 is 4.79 Å². The molecule has 2 atom stereocenters. The number of aromatic nitrogens is 1. The molecule has 0 spiro atoms. The number of carbonyl (C=O) groups excluding carboxylic acids is 1. The highest BCUT2D eigenvalue weighted by atomic mass is 16.2. The molecule has 1 aliphatic carbocycles. The molecule has 2 aliphatic rings. The summed E-state index contributed by atoms with van der Waals surface area (Å²) in [6.07, 6.45) is 6.31. The molecule has 0 unspecified atom stereocenters. The van der Waals surface area contributed by atoms with Gasteiger partial charge in [-0.3, -0.25) is 0 Å². The van der Waals surface area contributed by atoms with Gasteiger partial charge in [0.25, 0.3) is 0 Å². The number of carbonyl (C=O) groups is 1. The van der Waals surface area contributed by atoms with Crippen LogP contribution in [-0.4, -0.2) is 52.5 Å². The van der Waals surface area contributed by atoms with E-state index in [1.54, 1.807) is 4.90 Å². The molecule has 1 aliphatic heterocycles. The summed E-state index contributed by atoms with van der Waals surface area (Å²) in [6, 6.07) is 6.10. The number of nitrogens with zero attached hydrogens (tertiary/aromatic N) is 3. The summed E-state index contributed by atoms with van der Waals surface area (Å²) in [5.74, 6) is 0. The molecular weight excluding hydrogens is 350 g/mol. The fourth-order valence-corrected chi connectivity index (χ4v) is 4.67. The van der Waals surface area contributed by atoms with E-state index < -0.39 is 0 Å². The number of urea groups is 1. The van der Waals surface area contributed by atoms with Crippen molar-refractivity contribution in [2.75, 3.05) is 19.6 Å². The molecule has 146 valence electrons. The number of rotatable bonds is 4. The van der Waals surface area contributed by atoms with Crippen LogP contribution in [0.1, 0.15) is 37.6 Å². The molecule has 0 radical (unpaired) electrons. The number of nitrogens with one attached hydrogen (secondary N) is 2. The van der Waals surface area contributed by atoms with Crippen molar-refractivity contribution in [3.8, 4) is 6.19 Å². The van der Waals surface area contributed by atoms with E-state index in [1.807, 2.05) is 18.7 Å². The van der Waals surface area contributed by atoms with E-state index in [0.29, 0.717) is 19.6 Å². The number of fused-ring (bicyclic) bond motifs is 2. The van der Waals surface area contributed by atoms with E-state index in [4.69, 9.17) is 0 Å². The minimum absolute atomic E-state index is 0.0332. The van der Waals surface area contributed by atoms with Crippen molar-refractivity contribution in [3.05, 3.63) is 41.1 Å². The van der Waals surface area contributed by atoms with Gasteiger partial charge in [0.2, 0.25) is 0 Å². The second-order valence-electron chi connectivity index (χ2n) is 7.49. The van der Waals surface area contributed by atoms with Gasteiger partial charge in [-0.05, 0) is 43.0 Å². The first-order valence-electron chi connectivity index (χ1n) is 10.2. The molecule has 1 aromatic heterocycles. The predicted molar refractivity (Wildman–Crippen MR) is 111 cm³/mol. The molecule has 28 heavy (non-hydrogen) atoms. The summed E-state index contributed by atoms with van der Waals surface area (Å²) >= 11 is 0. The minimum Gasteiger partial charge on any atom is -0.358 e. The maximum atomic E-state index is 12.5. The maximum Gasteiger partial charge on any atom is 0.317 e. The lowest BCUT2D eigenvalue weighted by molar-refractivity contribution is 0.196. The van der Waals surface area contributed by atoms with E-state index in [-0.39, 0.29) is 18.1 Å². The zero-order chi connectivity index (χ0) is 19.8. The molecule has 0 fully saturated rings. The van der Waals surface area contributed by atoms with Crippen molar-refractivity contribution in [1.82, 2.24) is 20.1 Å². The summed E-state index contributed by atoms with van der Waals surface area (Å²) in [7, 11) is 0. The third kappa shape index (κ3) is 2.82. The van der Waals surface area contributed by atoms with E-state index >= 15 is 0 Å². The van der Waals surface area contributed by atoms with Crippen LogP contribution in [0.5, 0.6) is 0 Å². The Labute approximate surface area is 165 Å². The Morgan fingerprint density at radius 1 is 1.36 bits per heavy atom. The molecule has 0 bridgehead atoms. The fraction of sp³-hybridized carbons (Fsp3) is 0.455. The van der Waals surface area contributed by atoms with Crippen LogP contribution in [0.25, 0.3) is 16.5 Å². The summed E-state index contributed by atoms with van der Waals surface area (Å²) < 4.78 is 0. The molecule has 6 heteroatoms. The number of hydrogen-bond donors (Lipinski definition) is 2. The molecule has 1 aromatic carbocycles. The van der Waals surface area contributed by atoms with Gasteiger partial charge in [0, 0.05) is 36.1 Å². The number of nitriles is 1. The van der Waals surface area contributed by atoms with Gasteiger partial charge in [-0.15, -0.1) is 0 Å². The van der Waals surface area contributed by atoms with E-state index in [2.05, 4.69) is 47.7 Å². The van der Waals surface area contributed by atoms with E-state index in [9.17, 15) is 10.1 Å². The number of benzene rings is 1. The van der Waals surface area contributed by atoms with Crippen molar-refractivity contribution >= 4 is 22.5 Å². The van der Waals surface area contributed by atoms with Gasteiger partial charge in [0.1, 0.15) is 0 Å². The Hall–Kier alpha value is -2.94. The van der Waals surface area contributed by atoms with E-state index in [1.165, 1.54) is 22.2 Å². The molecule has 2 heterocycles. The van der Waals surface area contributed by atoms with Crippen LogP contribution in [0.15, 0.2) is 24.3 Å². The zero-order valence-electron chi connectivity index (χ0n) is 16.7. The minimum atomic E-state index is -0.180. The summed E-state index contributed by atoms with van der Waals surface area (Å²) in [6.45, 7) is 7.95. The van der Waals surface area contributed by atoms with Crippen LogP contribution in [0.4, 0.5) is 4.79 Å². The van der Waals surface area contributed by atoms with Crippen molar-refractivity contribution in [2.45, 2.75) is 45.7 Å². The number of aromatic amines is 1. The van der Waals surface area contributed by atoms with Crippen molar-refractivity contribution in [1.29, 1.82) is 5.26 Å². The number of hydrogen-bond acceptors (Lipinski definition) is 3. The van der Waals surface area contributed by atoms with Crippen LogP contribution in [0.2, 0.25) is 0 Å². The van der Waals surface area contributed by atoms with Crippen LogP contribution >= 0.6 is 0 Å². The Balaban J connectivity index is 1.76. The smallest absolute Gasteiger partial charge is 0.317 e. The summed E-state index contributed by atoms with van der Waals surface area (Å²) in [5.41, 5.74) is 6.08. The van der Waals surface area contributed by atoms with E-state index in [0.717, 1.165) is 23.9 Å². The first kappa shape index (κ1) is 18.4. The van der Waals surface area contributed by atoms with Crippen LogP contribution in [0.3, 0.4) is 0 Å². The fourth-order valence-electron chi connectivity index (χ4n) is 4.67. The summed E-state index contributed by atoms with van der Waals surface area (Å²) in [4.78, 5) is 19.7. The number of amides is 2. The van der Waals surface area contributed by atoms with Crippen LogP contribution in [0, 0.1) is 11.5 Å². The Morgan fingerprint density at radius 2 is 2.14 bits per heavy atom. The molecule has 2 N–H and O–H groups in total. The Bertz CT molecular complexity index is 979. The standard InChI is InChI=1S/C22H27N5O/c1-4-18-17-11-20-16(15-8-7-9-19(25-18)21(15)17)10-14(12-27(20)13-23)24-22(28)26(5-2)6-3/h7-10,14,20,25H,4-6,11-12H2,1-3H3,(H,24,28)/t14-,20+/m0/s1. The average Bonchev–Trinajstić information content (AvgIpc) is 3.08. The van der Waals surface area contributed by atoms with Crippen molar-refractivity contribution in [3.63, 3.8) is 0 Å². The second-order valence-corrected chi connectivity index (χ2v) is 7.49. The van der Waals surface area contributed by atoms with Gasteiger partial charge >= 0.3 is 6.03 Å². The number of H-pyrrole nitrogens is 1. The predicted octanol–water partition coefficient (Wildman–Crippen LogP) is 3.26. The van der Waals surface area contributed by atoms with Gasteiger partial charge in [-0.2, -0.15) is 5.26 Å². The lowest BCUT2D eigenvalue weighted by Crippen LogP contribution is -2.52. The first-order valence-corrected chi connectivity index (χ1v) is 10.2. The molecular formula is C22H27N5O. The normalized spacial score (nSPS) is 20.4. The number of aryl methyl sites for hydroxylation is 1. The molecule has 6 nitrogen and oxygen atoms in total. The third-order valence-corrected chi connectivity index (χ3v) is 6.08. The van der Waals surface area contributed by atoms with Crippen LogP contribution < -0.4 is 5.32 Å². The van der Waals surface area contributed by atoms with Gasteiger partial charge in [-0.1, -0.05) is 25.1 Å². The molecule has 2 amide bonds. The monoisotopic (exact) mass is 377 g/mol. The highest BCUT2D eigenvalue weighted by Crippen LogP contribution is 2.41. The SMILES string of the molecule is CCc1[nH]c2cccc3c2c1C[C@@H]1C3=C[C@H](NC(=O)N(CC)CC)CN1C#N. The lowest BCUT2D eigenvalue weighted by atomic mass is 9.80. The van der Waals surface area contributed by atoms with Gasteiger partial charge < -0.3 is 20.1 Å². The molecule has 2 aromatic rings. The average molecular weight is 377 g/mol. The molecule has 0 saturated heterocycles. The van der Waals surface area contributed by atoms with Gasteiger partial charge in [0.05, 0.1) is 18.6 Å². The lowest BCUT2D eigenvalue weighted by Gasteiger charge is -2.39. The first-order chi connectivity index (χ1) is 13.6. The Kier molecular flexibility index (Phi) is 4.76. The largest absolute Gasteiger partial charge is 0.358 e. The van der Waals surface area contributed by atoms with Crippen LogP contribution in [-0.2, 0) is 12.8 Å². The third-order valence-electron chi connectivity index (χ3n) is 6.08. The second kappa shape index (κ2) is 7.23. The van der Waals surface area contributed by atoms with Gasteiger partial charge in [0.15, 0.2) is 6.19 Å².